The molecular weight excluding hydrogens is 234 g/mol. The van der Waals surface area contributed by atoms with Crippen LogP contribution < -0.4 is 0 Å². The second-order valence-electron chi connectivity index (χ2n) is 3.66. The largest absolute Gasteiger partial charge is 0.263 e. The van der Waals surface area contributed by atoms with Gasteiger partial charge in [0.15, 0.2) is 0 Å². The Labute approximate surface area is 101 Å². The maximum Gasteiger partial charge on any atom is 0.0860 e. The Morgan fingerprint density at radius 1 is 1.35 bits per heavy atom. The number of benzene rings is 1. The molecule has 0 saturated heterocycles. The average molecular weight is 243 g/mol. The molecule has 0 fully saturated rings. The highest BCUT2D eigenvalue weighted by atomic mass is 32.1. The standard InChI is InChI=1S/C11H9N5S/c12-15-13-4-5-16-10-9(7-14-16)2-1-8-3-6-17-11(8)10/h1-3,6-7H,4-5H2. The van der Waals surface area contributed by atoms with E-state index in [9.17, 15) is 0 Å². The fourth-order valence-electron chi connectivity index (χ4n) is 1.95. The predicted octanol–water partition coefficient (Wildman–Crippen LogP) is 3.56. The molecule has 3 rings (SSSR count). The van der Waals surface area contributed by atoms with E-state index in [-0.39, 0.29) is 0 Å². The van der Waals surface area contributed by atoms with E-state index in [2.05, 4.69) is 38.7 Å². The lowest BCUT2D eigenvalue weighted by Crippen LogP contribution is -2.02. The quantitative estimate of drug-likeness (QED) is 0.394. The molecule has 2 heterocycles. The van der Waals surface area contributed by atoms with Gasteiger partial charge in [-0.2, -0.15) is 5.10 Å². The number of azide groups is 1. The lowest BCUT2D eigenvalue weighted by molar-refractivity contribution is 0.646. The highest BCUT2D eigenvalue weighted by Crippen LogP contribution is 2.29. The minimum Gasteiger partial charge on any atom is -0.263 e. The van der Waals surface area contributed by atoms with Gasteiger partial charge in [0.2, 0.25) is 0 Å². The summed E-state index contributed by atoms with van der Waals surface area (Å²) in [6, 6.07) is 6.28. The van der Waals surface area contributed by atoms with E-state index in [0.29, 0.717) is 13.1 Å². The maximum absolute atomic E-state index is 8.28. The van der Waals surface area contributed by atoms with Crippen LogP contribution in [0.4, 0.5) is 0 Å². The van der Waals surface area contributed by atoms with Gasteiger partial charge in [0.05, 0.1) is 16.4 Å². The van der Waals surface area contributed by atoms with Crippen LogP contribution in [0.1, 0.15) is 0 Å². The molecule has 1 aromatic carbocycles. The van der Waals surface area contributed by atoms with Crippen LogP contribution in [0.15, 0.2) is 34.9 Å². The van der Waals surface area contributed by atoms with Crippen LogP contribution in [-0.2, 0) is 6.54 Å². The molecule has 0 aliphatic carbocycles. The van der Waals surface area contributed by atoms with Crippen molar-refractivity contribution in [1.82, 2.24) is 9.78 Å². The number of aromatic nitrogens is 2. The number of thiophene rings is 1. The van der Waals surface area contributed by atoms with E-state index >= 15 is 0 Å². The van der Waals surface area contributed by atoms with Gasteiger partial charge in [0.1, 0.15) is 0 Å². The summed E-state index contributed by atoms with van der Waals surface area (Å²) in [6.07, 6.45) is 1.85. The number of fused-ring (bicyclic) bond motifs is 3. The smallest absolute Gasteiger partial charge is 0.0860 e. The molecule has 0 spiro atoms. The normalized spacial score (nSPS) is 10.8. The zero-order valence-corrected chi connectivity index (χ0v) is 9.76. The highest BCUT2D eigenvalue weighted by Gasteiger charge is 2.07. The average Bonchev–Trinajstić information content (AvgIpc) is 2.94. The second kappa shape index (κ2) is 4.08. The van der Waals surface area contributed by atoms with E-state index in [4.69, 9.17) is 5.53 Å². The SMILES string of the molecule is [N-]=[N+]=NCCn1ncc2ccc3ccsc3c21. The number of hydrogen-bond donors (Lipinski definition) is 0. The van der Waals surface area contributed by atoms with Crippen molar-refractivity contribution >= 4 is 32.3 Å². The van der Waals surface area contributed by atoms with Crippen LogP contribution in [0.2, 0.25) is 0 Å². The maximum atomic E-state index is 8.28. The molecule has 6 heteroatoms. The fourth-order valence-corrected chi connectivity index (χ4v) is 2.90. The highest BCUT2D eigenvalue weighted by molar-refractivity contribution is 7.18. The zero-order chi connectivity index (χ0) is 11.7. The molecule has 0 N–H and O–H groups in total. The lowest BCUT2D eigenvalue weighted by Gasteiger charge is -2.01. The van der Waals surface area contributed by atoms with E-state index < -0.39 is 0 Å². The Kier molecular flexibility index (Phi) is 2.44. The van der Waals surface area contributed by atoms with Crippen LogP contribution in [-0.4, -0.2) is 16.3 Å². The predicted molar refractivity (Wildman–Crippen MR) is 69.1 cm³/mol. The van der Waals surface area contributed by atoms with Gasteiger partial charge in [-0.05, 0) is 22.4 Å². The summed E-state index contributed by atoms with van der Waals surface area (Å²) in [6.45, 7) is 1.04. The monoisotopic (exact) mass is 243 g/mol. The summed E-state index contributed by atoms with van der Waals surface area (Å²) in [7, 11) is 0. The van der Waals surface area contributed by atoms with E-state index in [1.807, 2.05) is 10.9 Å². The molecule has 0 atom stereocenters. The van der Waals surface area contributed by atoms with Crippen LogP contribution in [0.3, 0.4) is 0 Å². The third kappa shape index (κ3) is 1.63. The Hall–Kier alpha value is -2.04. The van der Waals surface area contributed by atoms with E-state index in [0.717, 1.165) is 10.9 Å². The van der Waals surface area contributed by atoms with Crippen molar-refractivity contribution in [3.8, 4) is 0 Å². The Morgan fingerprint density at radius 2 is 2.24 bits per heavy atom. The van der Waals surface area contributed by atoms with Crippen LogP contribution >= 0.6 is 11.3 Å². The molecule has 2 aromatic heterocycles. The topological polar surface area (TPSA) is 66.6 Å². The van der Waals surface area contributed by atoms with Crippen LogP contribution in [0, 0.1) is 0 Å². The molecule has 0 aliphatic heterocycles. The lowest BCUT2D eigenvalue weighted by atomic mass is 10.2. The van der Waals surface area contributed by atoms with Gasteiger partial charge in [-0.25, -0.2) is 0 Å². The molecule has 17 heavy (non-hydrogen) atoms. The second-order valence-corrected chi connectivity index (χ2v) is 4.58. The molecule has 5 nitrogen and oxygen atoms in total. The van der Waals surface area contributed by atoms with Crippen molar-refractivity contribution in [2.75, 3.05) is 6.54 Å². The Morgan fingerprint density at radius 3 is 3.12 bits per heavy atom. The first-order valence-corrected chi connectivity index (χ1v) is 6.11. The minimum absolute atomic E-state index is 0.426. The summed E-state index contributed by atoms with van der Waals surface area (Å²) in [4.78, 5) is 2.75. The van der Waals surface area contributed by atoms with E-state index in [1.54, 1.807) is 11.3 Å². The van der Waals surface area contributed by atoms with Crippen LogP contribution in [0.25, 0.3) is 31.4 Å². The summed E-state index contributed by atoms with van der Waals surface area (Å²) in [5, 5.41) is 12.3. The third-order valence-electron chi connectivity index (χ3n) is 2.70. The Balaban J connectivity index is 2.17. The molecule has 0 radical (unpaired) electrons. The number of nitrogens with zero attached hydrogens (tertiary/aromatic N) is 5. The van der Waals surface area contributed by atoms with Crippen molar-refractivity contribution in [2.45, 2.75) is 6.54 Å². The first kappa shape index (κ1) is 10.1. The van der Waals surface area contributed by atoms with Crippen molar-refractivity contribution < 1.29 is 0 Å². The van der Waals surface area contributed by atoms with Gasteiger partial charge in [-0.1, -0.05) is 17.2 Å². The summed E-state index contributed by atoms with van der Waals surface area (Å²) in [5.74, 6) is 0. The zero-order valence-electron chi connectivity index (χ0n) is 8.95. The molecule has 0 amide bonds. The molecule has 0 bridgehead atoms. The summed E-state index contributed by atoms with van der Waals surface area (Å²) < 4.78 is 3.14. The summed E-state index contributed by atoms with van der Waals surface area (Å²) in [5.41, 5.74) is 9.41. The molecule has 0 aliphatic rings. The van der Waals surface area contributed by atoms with Crippen molar-refractivity contribution in [3.63, 3.8) is 0 Å². The third-order valence-corrected chi connectivity index (χ3v) is 3.63. The fraction of sp³-hybridized carbons (Fsp3) is 0.182. The van der Waals surface area contributed by atoms with Gasteiger partial charge in [0.25, 0.3) is 0 Å². The van der Waals surface area contributed by atoms with Gasteiger partial charge < -0.3 is 0 Å². The van der Waals surface area contributed by atoms with Crippen LogP contribution in [0.5, 0.6) is 0 Å². The number of rotatable bonds is 3. The van der Waals surface area contributed by atoms with Gasteiger partial charge in [0, 0.05) is 23.4 Å². The summed E-state index contributed by atoms with van der Waals surface area (Å²) >= 11 is 1.71. The van der Waals surface area contributed by atoms with E-state index in [1.165, 1.54) is 10.1 Å². The number of hydrogen-bond acceptors (Lipinski definition) is 3. The van der Waals surface area contributed by atoms with Crippen molar-refractivity contribution in [3.05, 3.63) is 40.2 Å². The van der Waals surface area contributed by atoms with Gasteiger partial charge in [-0.3, -0.25) is 4.68 Å². The first-order chi connectivity index (χ1) is 8.40. The van der Waals surface area contributed by atoms with Crippen molar-refractivity contribution in [1.29, 1.82) is 0 Å². The van der Waals surface area contributed by atoms with Gasteiger partial charge >= 0.3 is 0 Å². The van der Waals surface area contributed by atoms with Gasteiger partial charge in [-0.15, -0.1) is 11.3 Å². The minimum atomic E-state index is 0.426. The Bertz CT molecular complexity index is 720. The molecule has 3 aromatic rings. The first-order valence-electron chi connectivity index (χ1n) is 5.23. The molecule has 84 valence electrons. The molecule has 0 unspecified atom stereocenters. The molecule has 0 saturated carbocycles. The van der Waals surface area contributed by atoms with Crippen molar-refractivity contribution in [2.24, 2.45) is 5.11 Å². The molecular formula is C11H9N5S.